The van der Waals surface area contributed by atoms with Crippen LogP contribution in [0, 0.1) is 61.2 Å². The normalized spacial score (nSPS) is 24.1. The summed E-state index contributed by atoms with van der Waals surface area (Å²) in [5, 5.41) is 49.1. The second kappa shape index (κ2) is 19.3. The van der Waals surface area contributed by atoms with E-state index < -0.39 is 6.16 Å². The van der Waals surface area contributed by atoms with Gasteiger partial charge >= 0.3 is 6.16 Å². The SMILES string of the molecule is CCOC(=O)OC1=C(c2c(CC)cc(C)cc2CC)C(=O)C2CC(C(CO)CO)CC12.CCc1cc(C)cc(CC)c1C1=C(O)C2CC(C(CO)CO)CC2C1=O. The fourth-order valence-corrected chi connectivity index (χ4v) is 10.3. The standard InChI is InChI=1S/C25H34O6.C22H30O4/c1-5-15-8-14(4)9-16(6-2)21(15)22-23(28)19-10-17(18(12-26)13-27)11-20(19)24(22)31-25(29)30-7-3;1-4-13-6-12(3)7-14(5-2)19(13)20-21(25)17-8-15(16(10-23)11-24)9-18(17)22(20)26/h8-9,17-20,26-27H,5-7,10-13H2,1-4H3;6-7,15-18,23-25H,4-5,8-11H2,1-3H3. The number of hydrogen-bond acceptors (Lipinski definition) is 10. The molecule has 57 heavy (non-hydrogen) atoms. The zero-order valence-corrected chi connectivity index (χ0v) is 34.9. The van der Waals surface area contributed by atoms with Crippen molar-refractivity contribution in [1.82, 2.24) is 0 Å². The minimum absolute atomic E-state index is 0.00492. The minimum atomic E-state index is -0.795. The highest BCUT2D eigenvalue weighted by Gasteiger charge is 2.53. The first-order valence-corrected chi connectivity index (χ1v) is 21.1. The van der Waals surface area contributed by atoms with E-state index in [2.05, 4.69) is 58.9 Å². The molecule has 6 rings (SSSR count). The molecule has 10 nitrogen and oxygen atoms in total. The molecule has 0 saturated heterocycles. The van der Waals surface area contributed by atoms with Crippen molar-refractivity contribution in [2.75, 3.05) is 33.0 Å². The minimum Gasteiger partial charge on any atom is -0.511 e. The van der Waals surface area contributed by atoms with Crippen molar-refractivity contribution in [3.63, 3.8) is 0 Å². The van der Waals surface area contributed by atoms with Crippen LogP contribution in [-0.2, 0) is 44.7 Å². The van der Waals surface area contributed by atoms with Crippen molar-refractivity contribution >= 4 is 28.9 Å². The molecule has 0 amide bonds. The van der Waals surface area contributed by atoms with Crippen molar-refractivity contribution in [2.24, 2.45) is 47.3 Å². The number of ether oxygens (including phenoxy) is 2. The lowest BCUT2D eigenvalue weighted by Gasteiger charge is -2.22. The number of fused-ring (bicyclic) bond motifs is 2. The van der Waals surface area contributed by atoms with Crippen LogP contribution in [0.15, 0.2) is 35.8 Å². The number of aryl methyl sites for hydroxylation is 6. The highest BCUT2D eigenvalue weighted by molar-refractivity contribution is 6.26. The van der Waals surface area contributed by atoms with E-state index in [4.69, 9.17) is 9.47 Å². The molecule has 2 aromatic carbocycles. The molecule has 0 bridgehead atoms. The molecule has 2 fully saturated rings. The van der Waals surface area contributed by atoms with Crippen LogP contribution in [0.25, 0.3) is 11.1 Å². The number of ketones is 2. The third-order valence-corrected chi connectivity index (χ3v) is 13.2. The summed E-state index contributed by atoms with van der Waals surface area (Å²) < 4.78 is 10.7. The first kappa shape index (κ1) is 44.3. The molecule has 0 heterocycles. The Hall–Kier alpha value is -3.83. The van der Waals surface area contributed by atoms with Gasteiger partial charge in [0, 0.05) is 61.9 Å². The summed E-state index contributed by atoms with van der Waals surface area (Å²) in [5.74, 6) is -0.660. The van der Waals surface area contributed by atoms with E-state index in [0.717, 1.165) is 64.6 Å². The van der Waals surface area contributed by atoms with Crippen molar-refractivity contribution < 1.29 is 49.4 Å². The lowest BCUT2D eigenvalue weighted by atomic mass is 9.85. The number of hydrogen-bond donors (Lipinski definition) is 5. The molecule has 0 radical (unpaired) electrons. The molecule has 4 aliphatic carbocycles. The van der Waals surface area contributed by atoms with E-state index in [-0.39, 0.29) is 97.7 Å². The van der Waals surface area contributed by atoms with Crippen molar-refractivity contribution in [3.8, 4) is 0 Å². The summed E-state index contributed by atoms with van der Waals surface area (Å²) >= 11 is 0. The van der Waals surface area contributed by atoms with Gasteiger partial charge in [0.25, 0.3) is 0 Å². The van der Waals surface area contributed by atoms with E-state index in [1.165, 1.54) is 5.56 Å². The molecule has 10 heteroatoms. The molecular weight excluding hydrogens is 725 g/mol. The molecule has 5 N–H and O–H groups in total. The van der Waals surface area contributed by atoms with Crippen LogP contribution in [-0.4, -0.2) is 76.3 Å². The van der Waals surface area contributed by atoms with Gasteiger partial charge in [-0.05, 0) is 117 Å². The average Bonchev–Trinajstić information content (AvgIpc) is 3.94. The molecule has 2 aromatic rings. The average molecular weight is 789 g/mol. The molecule has 2 saturated carbocycles. The Morgan fingerprint density at radius 1 is 0.614 bits per heavy atom. The predicted molar refractivity (Wildman–Crippen MR) is 219 cm³/mol. The smallest absolute Gasteiger partial charge is 0.511 e. The van der Waals surface area contributed by atoms with Crippen molar-refractivity contribution in [2.45, 2.75) is 99.8 Å². The van der Waals surface area contributed by atoms with E-state index >= 15 is 0 Å². The Balaban J connectivity index is 0.000000221. The first-order valence-electron chi connectivity index (χ1n) is 21.1. The summed E-state index contributed by atoms with van der Waals surface area (Å²) in [5.41, 5.74) is 9.59. The summed E-state index contributed by atoms with van der Waals surface area (Å²) in [7, 11) is 0. The van der Waals surface area contributed by atoms with Crippen LogP contribution in [0.4, 0.5) is 4.79 Å². The van der Waals surface area contributed by atoms with Gasteiger partial charge in [-0.2, -0.15) is 0 Å². The van der Waals surface area contributed by atoms with Gasteiger partial charge in [0.1, 0.15) is 11.5 Å². The van der Waals surface area contributed by atoms with Crippen LogP contribution in [0.3, 0.4) is 0 Å². The summed E-state index contributed by atoms with van der Waals surface area (Å²) in [6, 6.07) is 8.43. The Morgan fingerprint density at radius 2 is 0.982 bits per heavy atom. The van der Waals surface area contributed by atoms with E-state index in [1.807, 2.05) is 6.92 Å². The molecule has 6 unspecified atom stereocenters. The summed E-state index contributed by atoms with van der Waals surface area (Å²) in [6.45, 7) is 13.9. The quantitative estimate of drug-likeness (QED) is 0.125. The van der Waals surface area contributed by atoms with Crippen LogP contribution in [0.2, 0.25) is 0 Å². The number of carbonyl (C=O) groups is 3. The van der Waals surface area contributed by atoms with Gasteiger partial charge in [0.15, 0.2) is 11.6 Å². The number of rotatable bonds is 14. The molecule has 0 spiro atoms. The molecule has 312 valence electrons. The van der Waals surface area contributed by atoms with Gasteiger partial charge in [-0.25, -0.2) is 4.79 Å². The van der Waals surface area contributed by atoms with Crippen LogP contribution in [0.5, 0.6) is 0 Å². The maximum Gasteiger partial charge on any atom is 0.513 e. The molecule has 6 atom stereocenters. The van der Waals surface area contributed by atoms with Gasteiger partial charge in [-0.3, -0.25) is 9.59 Å². The number of aliphatic hydroxyl groups is 5. The summed E-state index contributed by atoms with van der Waals surface area (Å²) in [6.07, 6.45) is 4.84. The fourth-order valence-electron chi connectivity index (χ4n) is 10.3. The van der Waals surface area contributed by atoms with Gasteiger partial charge in [-0.15, -0.1) is 0 Å². The van der Waals surface area contributed by atoms with Gasteiger partial charge in [0.05, 0.1) is 17.8 Å². The largest absolute Gasteiger partial charge is 0.513 e. The van der Waals surface area contributed by atoms with Crippen LogP contribution in [0.1, 0.15) is 105 Å². The number of allylic oxidation sites excluding steroid dienone is 4. The first-order chi connectivity index (χ1) is 27.4. The maximum absolute atomic E-state index is 13.7. The van der Waals surface area contributed by atoms with Crippen LogP contribution >= 0.6 is 0 Å². The van der Waals surface area contributed by atoms with E-state index in [1.54, 1.807) is 6.92 Å². The van der Waals surface area contributed by atoms with E-state index in [9.17, 15) is 39.9 Å². The van der Waals surface area contributed by atoms with Crippen LogP contribution < -0.4 is 0 Å². The number of benzene rings is 2. The summed E-state index contributed by atoms with van der Waals surface area (Å²) in [4.78, 5) is 39.2. The number of carbonyl (C=O) groups excluding carboxylic acids is 3. The Bertz CT molecular complexity index is 1810. The molecule has 0 aliphatic heterocycles. The number of Topliss-reactive ketones (excluding diaryl/α,β-unsaturated/α-hetero) is 2. The highest BCUT2D eigenvalue weighted by Crippen LogP contribution is 2.54. The maximum atomic E-state index is 13.7. The number of aliphatic hydroxyl groups excluding tert-OH is 5. The fraction of sp³-hybridized carbons (Fsp3) is 0.596. The van der Waals surface area contributed by atoms with Gasteiger partial charge < -0.3 is 35.0 Å². The molecular formula is C47H64O10. The van der Waals surface area contributed by atoms with Gasteiger partial charge in [0.2, 0.25) is 0 Å². The third kappa shape index (κ3) is 8.66. The zero-order valence-electron chi connectivity index (χ0n) is 34.9. The Labute approximate surface area is 338 Å². The third-order valence-electron chi connectivity index (χ3n) is 13.2. The van der Waals surface area contributed by atoms with Gasteiger partial charge in [-0.1, -0.05) is 63.1 Å². The lowest BCUT2D eigenvalue weighted by molar-refractivity contribution is -0.118. The lowest BCUT2D eigenvalue weighted by Crippen LogP contribution is -2.22. The second-order valence-corrected chi connectivity index (χ2v) is 16.5. The highest BCUT2D eigenvalue weighted by atomic mass is 16.7. The monoisotopic (exact) mass is 788 g/mol. The van der Waals surface area contributed by atoms with Crippen molar-refractivity contribution in [3.05, 3.63) is 80.3 Å². The second-order valence-electron chi connectivity index (χ2n) is 16.5. The topological polar surface area (TPSA) is 171 Å². The Morgan fingerprint density at radius 3 is 1.37 bits per heavy atom. The van der Waals surface area contributed by atoms with Crippen molar-refractivity contribution in [1.29, 1.82) is 0 Å². The predicted octanol–water partition coefficient (Wildman–Crippen LogP) is 7.04. The van der Waals surface area contributed by atoms with E-state index in [0.29, 0.717) is 42.6 Å². The molecule has 4 aliphatic rings. The Kier molecular flexibility index (Phi) is 15.0. The zero-order chi connectivity index (χ0) is 41.7. The molecule has 0 aromatic heterocycles.